The molecule has 1 aliphatic rings. The maximum absolute atomic E-state index is 12.6. The second kappa shape index (κ2) is 7.48. The third-order valence-electron chi connectivity index (χ3n) is 4.52. The summed E-state index contributed by atoms with van der Waals surface area (Å²) in [6.07, 6.45) is 2.11. The Bertz CT molecular complexity index is 921. The molecule has 0 bridgehead atoms. The first-order chi connectivity index (χ1) is 13.1. The normalized spacial score (nSPS) is 12.6. The third kappa shape index (κ3) is 3.57. The number of aromatic nitrogens is 2. The predicted molar refractivity (Wildman–Crippen MR) is 110 cm³/mol. The van der Waals surface area contributed by atoms with E-state index < -0.39 is 0 Å². The SMILES string of the molecule is CC(C)n1nccc1NC(=O)CCN1c2ccccc2Sc2ccccc21. The van der Waals surface area contributed by atoms with Crippen molar-refractivity contribution in [3.8, 4) is 0 Å². The summed E-state index contributed by atoms with van der Waals surface area (Å²) >= 11 is 1.78. The van der Waals surface area contributed by atoms with Gasteiger partial charge in [-0.1, -0.05) is 36.0 Å². The molecular weight excluding hydrogens is 356 g/mol. The number of anilines is 3. The van der Waals surface area contributed by atoms with Crippen LogP contribution in [0.1, 0.15) is 26.3 Å². The number of benzene rings is 2. The molecule has 1 aliphatic heterocycles. The van der Waals surface area contributed by atoms with Gasteiger partial charge in [0.15, 0.2) is 0 Å². The molecular formula is C21H22N4OS. The molecule has 2 aromatic carbocycles. The van der Waals surface area contributed by atoms with Crippen LogP contribution in [0.4, 0.5) is 17.2 Å². The minimum absolute atomic E-state index is 0.00871. The number of para-hydroxylation sites is 2. The number of hydrogen-bond acceptors (Lipinski definition) is 4. The highest BCUT2D eigenvalue weighted by atomic mass is 32.2. The van der Waals surface area contributed by atoms with Crippen molar-refractivity contribution in [1.29, 1.82) is 0 Å². The first kappa shape index (κ1) is 17.7. The Labute approximate surface area is 163 Å². The van der Waals surface area contributed by atoms with Crippen molar-refractivity contribution in [2.75, 3.05) is 16.8 Å². The summed E-state index contributed by atoms with van der Waals surface area (Å²) in [5, 5.41) is 7.26. The predicted octanol–water partition coefficient (Wildman–Crippen LogP) is 5.10. The molecule has 27 heavy (non-hydrogen) atoms. The molecule has 1 amide bonds. The Hall–Kier alpha value is -2.73. The van der Waals surface area contributed by atoms with Gasteiger partial charge in [0.25, 0.3) is 0 Å². The van der Waals surface area contributed by atoms with Crippen LogP contribution < -0.4 is 10.2 Å². The lowest BCUT2D eigenvalue weighted by molar-refractivity contribution is -0.116. The molecule has 0 fully saturated rings. The molecule has 4 rings (SSSR count). The summed E-state index contributed by atoms with van der Waals surface area (Å²) in [5.74, 6) is 0.732. The molecule has 0 spiro atoms. The van der Waals surface area contributed by atoms with Gasteiger partial charge in [-0.3, -0.25) is 4.79 Å². The standard InChI is InChI=1S/C21H22N4OS/c1-15(2)25-20(11-13-22-25)23-21(26)12-14-24-16-7-3-5-9-18(16)27-19-10-6-4-8-17(19)24/h3-11,13,15H,12,14H2,1-2H3,(H,23,26). The fraction of sp³-hybridized carbons (Fsp3) is 0.238. The van der Waals surface area contributed by atoms with Gasteiger partial charge < -0.3 is 10.2 Å². The minimum atomic E-state index is -0.00871. The van der Waals surface area contributed by atoms with Gasteiger partial charge in [0.2, 0.25) is 5.91 Å². The van der Waals surface area contributed by atoms with Crippen molar-refractivity contribution in [2.24, 2.45) is 0 Å². The van der Waals surface area contributed by atoms with Crippen LogP contribution >= 0.6 is 11.8 Å². The van der Waals surface area contributed by atoms with Gasteiger partial charge in [0.05, 0.1) is 17.6 Å². The number of nitrogens with one attached hydrogen (secondary N) is 1. The van der Waals surface area contributed by atoms with Gasteiger partial charge in [-0.05, 0) is 38.1 Å². The van der Waals surface area contributed by atoms with Gasteiger partial charge in [0.1, 0.15) is 5.82 Å². The molecule has 0 aliphatic carbocycles. The first-order valence-corrected chi connectivity index (χ1v) is 9.92. The van der Waals surface area contributed by atoms with E-state index in [2.05, 4.69) is 51.7 Å². The number of hydrogen-bond donors (Lipinski definition) is 1. The fourth-order valence-corrected chi connectivity index (χ4v) is 4.36. The maximum atomic E-state index is 12.6. The van der Waals surface area contributed by atoms with Crippen molar-refractivity contribution < 1.29 is 4.79 Å². The number of nitrogens with zero attached hydrogens (tertiary/aromatic N) is 3. The molecule has 6 heteroatoms. The third-order valence-corrected chi connectivity index (χ3v) is 5.65. The lowest BCUT2D eigenvalue weighted by Crippen LogP contribution is -2.26. The Morgan fingerprint density at radius 3 is 2.30 bits per heavy atom. The second-order valence-electron chi connectivity index (χ2n) is 6.74. The Morgan fingerprint density at radius 2 is 1.67 bits per heavy atom. The van der Waals surface area contributed by atoms with Crippen molar-refractivity contribution in [3.63, 3.8) is 0 Å². The summed E-state index contributed by atoms with van der Waals surface area (Å²) in [5.41, 5.74) is 2.31. The molecule has 2 heterocycles. The topological polar surface area (TPSA) is 50.2 Å². The molecule has 1 N–H and O–H groups in total. The van der Waals surface area contributed by atoms with Crippen LogP contribution in [0.25, 0.3) is 0 Å². The van der Waals surface area contributed by atoms with Crippen LogP contribution in [-0.4, -0.2) is 22.2 Å². The summed E-state index contributed by atoms with van der Waals surface area (Å²) in [7, 11) is 0. The lowest BCUT2D eigenvalue weighted by Gasteiger charge is -2.32. The molecule has 0 saturated heterocycles. The van der Waals surface area contributed by atoms with E-state index >= 15 is 0 Å². The molecule has 0 saturated carbocycles. The van der Waals surface area contributed by atoms with E-state index in [1.807, 2.05) is 36.7 Å². The van der Waals surface area contributed by atoms with E-state index in [4.69, 9.17) is 0 Å². The van der Waals surface area contributed by atoms with Crippen molar-refractivity contribution >= 4 is 34.9 Å². The van der Waals surface area contributed by atoms with Crippen LogP contribution in [0.15, 0.2) is 70.6 Å². The number of carbonyl (C=O) groups excluding carboxylic acids is 1. The summed E-state index contributed by atoms with van der Waals surface area (Å²) in [4.78, 5) is 17.2. The number of carbonyl (C=O) groups is 1. The molecule has 3 aromatic rings. The van der Waals surface area contributed by atoms with Gasteiger partial charge in [-0.15, -0.1) is 0 Å². The zero-order valence-electron chi connectivity index (χ0n) is 15.4. The summed E-state index contributed by atoms with van der Waals surface area (Å²) in [6, 6.07) is 18.7. The van der Waals surface area contributed by atoms with E-state index in [-0.39, 0.29) is 11.9 Å². The molecule has 138 valence electrons. The first-order valence-electron chi connectivity index (χ1n) is 9.10. The summed E-state index contributed by atoms with van der Waals surface area (Å²) in [6.45, 7) is 4.71. The van der Waals surface area contributed by atoms with Gasteiger partial charge >= 0.3 is 0 Å². The van der Waals surface area contributed by atoms with Crippen LogP contribution in [0.2, 0.25) is 0 Å². The Morgan fingerprint density at radius 1 is 1.04 bits per heavy atom. The van der Waals surface area contributed by atoms with Crippen molar-refractivity contribution in [1.82, 2.24) is 9.78 Å². The molecule has 0 atom stereocenters. The molecule has 0 unspecified atom stereocenters. The summed E-state index contributed by atoms with van der Waals surface area (Å²) < 4.78 is 1.82. The van der Waals surface area contributed by atoms with Crippen molar-refractivity contribution in [3.05, 3.63) is 60.8 Å². The average Bonchev–Trinajstić information content (AvgIpc) is 3.13. The van der Waals surface area contributed by atoms with Crippen molar-refractivity contribution in [2.45, 2.75) is 36.1 Å². The second-order valence-corrected chi connectivity index (χ2v) is 7.83. The van der Waals surface area contributed by atoms with E-state index in [0.29, 0.717) is 13.0 Å². The number of rotatable bonds is 5. The minimum Gasteiger partial charge on any atom is -0.339 e. The van der Waals surface area contributed by atoms with Crippen LogP contribution in [-0.2, 0) is 4.79 Å². The van der Waals surface area contributed by atoms with E-state index in [0.717, 1.165) is 17.2 Å². The van der Waals surface area contributed by atoms with E-state index in [1.54, 1.807) is 18.0 Å². The molecule has 1 aromatic heterocycles. The molecule has 5 nitrogen and oxygen atoms in total. The van der Waals surface area contributed by atoms with Crippen LogP contribution in [0, 0.1) is 0 Å². The van der Waals surface area contributed by atoms with Gasteiger partial charge in [-0.2, -0.15) is 5.10 Å². The quantitative estimate of drug-likeness (QED) is 0.671. The average molecular weight is 379 g/mol. The van der Waals surface area contributed by atoms with Gasteiger partial charge in [-0.25, -0.2) is 4.68 Å². The lowest BCUT2D eigenvalue weighted by atomic mass is 10.2. The van der Waals surface area contributed by atoms with Crippen LogP contribution in [0.5, 0.6) is 0 Å². The highest BCUT2D eigenvalue weighted by Gasteiger charge is 2.23. The van der Waals surface area contributed by atoms with Gasteiger partial charge in [0, 0.05) is 34.9 Å². The fourth-order valence-electron chi connectivity index (χ4n) is 3.27. The van der Waals surface area contributed by atoms with E-state index in [9.17, 15) is 4.79 Å². The smallest absolute Gasteiger partial charge is 0.227 e. The Kier molecular flexibility index (Phi) is 4.90. The number of fused-ring (bicyclic) bond motifs is 2. The molecule has 0 radical (unpaired) electrons. The van der Waals surface area contributed by atoms with Crippen LogP contribution in [0.3, 0.4) is 0 Å². The Balaban J connectivity index is 1.51. The zero-order chi connectivity index (χ0) is 18.8. The van der Waals surface area contributed by atoms with E-state index in [1.165, 1.54) is 9.79 Å². The highest BCUT2D eigenvalue weighted by Crippen LogP contribution is 2.47. The monoisotopic (exact) mass is 378 g/mol. The highest BCUT2D eigenvalue weighted by molar-refractivity contribution is 7.99. The zero-order valence-corrected chi connectivity index (χ0v) is 16.2. The maximum Gasteiger partial charge on any atom is 0.227 e. The largest absolute Gasteiger partial charge is 0.339 e. The number of amides is 1.